The first-order chi connectivity index (χ1) is 16.7. The van der Waals surface area contributed by atoms with Crippen LogP contribution in [0, 0.1) is 22.0 Å². The van der Waals surface area contributed by atoms with Gasteiger partial charge in [0.05, 0.1) is 24.2 Å². The number of nitro groups is 1. The Morgan fingerprint density at radius 1 is 1.23 bits per heavy atom. The molecule has 0 aromatic heterocycles. The molecule has 3 rings (SSSR count). The zero-order chi connectivity index (χ0) is 25.7. The monoisotopic (exact) mass is 486 g/mol. The van der Waals surface area contributed by atoms with E-state index in [-0.39, 0.29) is 36.0 Å². The maximum Gasteiger partial charge on any atom is 0.336 e. The van der Waals surface area contributed by atoms with Crippen molar-refractivity contribution in [3.05, 3.63) is 62.5 Å². The van der Waals surface area contributed by atoms with Crippen LogP contribution in [-0.2, 0) is 28.6 Å². The summed E-state index contributed by atoms with van der Waals surface area (Å²) in [4.78, 5) is 50.3. The summed E-state index contributed by atoms with van der Waals surface area (Å²) in [7, 11) is 1.22. The summed E-state index contributed by atoms with van der Waals surface area (Å²) in [5.41, 5.74) is 1.65. The largest absolute Gasteiger partial charge is 0.468 e. The minimum absolute atomic E-state index is 0.0128. The van der Waals surface area contributed by atoms with E-state index in [0.717, 1.165) is 6.42 Å². The molecule has 0 amide bonds. The molecule has 0 fully saturated rings. The van der Waals surface area contributed by atoms with E-state index in [9.17, 15) is 24.5 Å². The Morgan fingerprint density at radius 2 is 1.97 bits per heavy atom. The Labute approximate surface area is 203 Å². The number of carbonyl (C=O) groups excluding carboxylic acids is 3. The van der Waals surface area contributed by atoms with Gasteiger partial charge in [-0.15, -0.1) is 0 Å². The fourth-order valence-electron chi connectivity index (χ4n) is 4.62. The van der Waals surface area contributed by atoms with Crippen LogP contribution in [0.4, 0.5) is 5.69 Å². The van der Waals surface area contributed by atoms with Gasteiger partial charge in [0.1, 0.15) is 12.5 Å². The van der Waals surface area contributed by atoms with E-state index in [1.54, 1.807) is 19.9 Å². The first-order valence-electron chi connectivity index (χ1n) is 11.5. The summed E-state index contributed by atoms with van der Waals surface area (Å²) in [5.74, 6) is -4.11. The highest BCUT2D eigenvalue weighted by Gasteiger charge is 2.47. The van der Waals surface area contributed by atoms with Crippen molar-refractivity contribution in [3.63, 3.8) is 0 Å². The van der Waals surface area contributed by atoms with Crippen LogP contribution in [0.5, 0.6) is 0 Å². The lowest BCUT2D eigenvalue weighted by Gasteiger charge is -2.38. The molecule has 10 heteroatoms. The highest BCUT2D eigenvalue weighted by Crippen LogP contribution is 2.45. The maximum atomic E-state index is 13.7. The fourth-order valence-corrected chi connectivity index (χ4v) is 4.62. The summed E-state index contributed by atoms with van der Waals surface area (Å²) in [6, 6.07) is 5.79. The summed E-state index contributed by atoms with van der Waals surface area (Å²) in [5, 5.41) is 14.6. The highest BCUT2D eigenvalue weighted by molar-refractivity contribution is 6.12. The molecule has 0 radical (unpaired) electrons. The number of esters is 2. The molecular formula is C25H30N2O8. The smallest absolute Gasteiger partial charge is 0.336 e. The van der Waals surface area contributed by atoms with E-state index in [2.05, 4.69) is 5.32 Å². The second-order valence-corrected chi connectivity index (χ2v) is 8.64. The van der Waals surface area contributed by atoms with E-state index in [1.165, 1.54) is 25.3 Å². The van der Waals surface area contributed by atoms with Gasteiger partial charge >= 0.3 is 11.9 Å². The molecule has 1 aromatic carbocycles. The number of methoxy groups -OCH3 is 1. The van der Waals surface area contributed by atoms with Gasteiger partial charge in [0.2, 0.25) is 0 Å². The van der Waals surface area contributed by atoms with Gasteiger partial charge < -0.3 is 19.5 Å². The number of hydrogen-bond acceptors (Lipinski definition) is 9. The number of nitrogens with zero attached hydrogens (tertiary/aromatic N) is 1. The van der Waals surface area contributed by atoms with E-state index >= 15 is 0 Å². The normalized spacial score (nSPS) is 21.8. The van der Waals surface area contributed by atoms with Gasteiger partial charge in [-0.3, -0.25) is 19.7 Å². The molecule has 3 atom stereocenters. The average molecular weight is 487 g/mol. The van der Waals surface area contributed by atoms with Gasteiger partial charge in [-0.2, -0.15) is 0 Å². The predicted molar refractivity (Wildman–Crippen MR) is 125 cm³/mol. The molecule has 188 valence electrons. The van der Waals surface area contributed by atoms with Gasteiger partial charge in [0.25, 0.3) is 5.69 Å². The molecule has 2 aliphatic rings. The van der Waals surface area contributed by atoms with Crippen LogP contribution in [-0.4, -0.2) is 49.6 Å². The molecule has 10 nitrogen and oxygen atoms in total. The standard InChI is InChI=1S/C25H30N2O8/c1-5-9-34-10-11-35-25(30)20-15(3)26-18-12-14(2)19(24(29)33-4)23(28)22(18)21(20)16-7-6-8-17(13-16)27(31)32/h6-8,13-14,19,21,26H,5,9-12H2,1-4H3/t14-,19+,21-/m0/s1. The average Bonchev–Trinajstić information content (AvgIpc) is 2.82. The lowest BCUT2D eigenvalue weighted by atomic mass is 9.69. The van der Waals surface area contributed by atoms with Crippen molar-refractivity contribution in [3.8, 4) is 0 Å². The highest BCUT2D eigenvalue weighted by atomic mass is 16.6. The van der Waals surface area contributed by atoms with E-state index in [1.807, 2.05) is 6.92 Å². The third kappa shape index (κ3) is 5.43. The van der Waals surface area contributed by atoms with Crippen molar-refractivity contribution in [1.29, 1.82) is 0 Å². The van der Waals surface area contributed by atoms with Crippen LogP contribution >= 0.6 is 0 Å². The second-order valence-electron chi connectivity index (χ2n) is 8.64. The Morgan fingerprint density at radius 3 is 2.63 bits per heavy atom. The number of nitro benzene ring substituents is 1. The quantitative estimate of drug-likeness (QED) is 0.184. The van der Waals surface area contributed by atoms with Crippen molar-refractivity contribution in [2.45, 2.75) is 39.5 Å². The van der Waals surface area contributed by atoms with Gasteiger partial charge in [-0.25, -0.2) is 4.79 Å². The molecule has 0 spiro atoms. The second kappa shape index (κ2) is 11.3. The predicted octanol–water partition coefficient (Wildman–Crippen LogP) is 3.18. The number of nitrogens with one attached hydrogen (secondary N) is 1. The molecule has 1 aliphatic carbocycles. The van der Waals surface area contributed by atoms with Crippen LogP contribution in [0.3, 0.4) is 0 Å². The first kappa shape index (κ1) is 26.1. The number of Topliss-reactive ketones (excluding diaryl/α,β-unsaturated/α-hetero) is 1. The van der Waals surface area contributed by atoms with Gasteiger partial charge in [-0.1, -0.05) is 26.0 Å². The molecule has 0 saturated heterocycles. The third-order valence-electron chi connectivity index (χ3n) is 6.19. The van der Waals surface area contributed by atoms with Crippen LogP contribution in [0.15, 0.2) is 46.8 Å². The molecule has 0 unspecified atom stereocenters. The van der Waals surface area contributed by atoms with Gasteiger partial charge in [0.15, 0.2) is 5.78 Å². The van der Waals surface area contributed by atoms with Crippen molar-refractivity contribution in [2.75, 3.05) is 26.9 Å². The van der Waals surface area contributed by atoms with Crippen molar-refractivity contribution in [1.82, 2.24) is 5.32 Å². The molecule has 1 N–H and O–H groups in total. The number of rotatable bonds is 9. The Bertz CT molecular complexity index is 1090. The molecule has 1 aromatic rings. The maximum absolute atomic E-state index is 13.7. The van der Waals surface area contributed by atoms with Crippen LogP contribution in [0.1, 0.15) is 45.1 Å². The lowest BCUT2D eigenvalue weighted by molar-refractivity contribution is -0.384. The number of allylic oxidation sites excluding steroid dienone is 3. The minimum atomic E-state index is -1.04. The molecule has 1 heterocycles. The topological polar surface area (TPSA) is 134 Å². The van der Waals surface area contributed by atoms with Gasteiger partial charge in [-0.05, 0) is 31.2 Å². The number of benzene rings is 1. The number of carbonyl (C=O) groups is 3. The lowest BCUT2D eigenvalue weighted by Crippen LogP contribution is -2.43. The SMILES string of the molecule is CCCOCCOC(=O)C1=C(C)NC2=C(C(=O)[C@H](C(=O)OC)[C@@H](C)C2)[C@H]1c1cccc([N+](=O)[O-])c1. The van der Waals surface area contributed by atoms with Crippen molar-refractivity contribution < 1.29 is 33.5 Å². The van der Waals surface area contributed by atoms with E-state index < -0.39 is 34.5 Å². The Hall–Kier alpha value is -3.53. The van der Waals surface area contributed by atoms with Crippen molar-refractivity contribution >= 4 is 23.4 Å². The van der Waals surface area contributed by atoms with E-state index in [0.29, 0.717) is 30.0 Å². The van der Waals surface area contributed by atoms with Crippen molar-refractivity contribution in [2.24, 2.45) is 11.8 Å². The van der Waals surface area contributed by atoms with E-state index in [4.69, 9.17) is 14.2 Å². The molecule has 1 aliphatic heterocycles. The zero-order valence-corrected chi connectivity index (χ0v) is 20.3. The molecule has 0 saturated carbocycles. The Balaban J connectivity index is 2.07. The number of hydrogen-bond donors (Lipinski definition) is 1. The third-order valence-corrected chi connectivity index (χ3v) is 6.19. The molecule has 35 heavy (non-hydrogen) atoms. The molecule has 0 bridgehead atoms. The van der Waals surface area contributed by atoms with Crippen LogP contribution < -0.4 is 5.32 Å². The summed E-state index contributed by atoms with van der Waals surface area (Å²) in [6.45, 7) is 6.21. The fraction of sp³-hybridized carbons (Fsp3) is 0.480. The van der Waals surface area contributed by atoms with Crippen LogP contribution in [0.2, 0.25) is 0 Å². The summed E-state index contributed by atoms with van der Waals surface area (Å²) < 4.78 is 15.7. The Kier molecular flexibility index (Phi) is 8.39. The van der Waals surface area contributed by atoms with Gasteiger partial charge in [0, 0.05) is 41.6 Å². The number of ether oxygens (including phenoxy) is 3. The van der Waals surface area contributed by atoms with Crippen LogP contribution in [0.25, 0.3) is 0 Å². The number of non-ortho nitro benzene ring substituents is 1. The first-order valence-corrected chi connectivity index (χ1v) is 11.5. The number of ketones is 1. The molecular weight excluding hydrogens is 456 g/mol. The summed E-state index contributed by atoms with van der Waals surface area (Å²) >= 11 is 0. The number of dihydropyridines is 1. The summed E-state index contributed by atoms with van der Waals surface area (Å²) in [6.07, 6.45) is 1.20. The minimum Gasteiger partial charge on any atom is -0.468 e. The zero-order valence-electron chi connectivity index (χ0n) is 20.3.